The predicted molar refractivity (Wildman–Crippen MR) is 94.7 cm³/mol. The van der Waals surface area contributed by atoms with Crippen molar-refractivity contribution in [1.82, 2.24) is 4.90 Å². The number of rotatable bonds is 3. The van der Waals surface area contributed by atoms with Crippen LogP contribution in [0, 0.1) is 5.92 Å². The quantitative estimate of drug-likeness (QED) is 0.736. The minimum absolute atomic E-state index is 0.0304. The fourth-order valence-electron chi connectivity index (χ4n) is 3.55. The van der Waals surface area contributed by atoms with Crippen molar-refractivity contribution >= 4 is 29.1 Å². The van der Waals surface area contributed by atoms with Gasteiger partial charge in [-0.1, -0.05) is 23.2 Å². The molecule has 1 amide bonds. The van der Waals surface area contributed by atoms with E-state index in [4.69, 9.17) is 33.7 Å². The second kappa shape index (κ2) is 7.68. The molecule has 6 nitrogen and oxygen atoms in total. The normalized spacial score (nSPS) is 26.0. The number of benzene rings is 1. The number of amides is 1. The van der Waals surface area contributed by atoms with E-state index in [2.05, 4.69) is 0 Å². The van der Waals surface area contributed by atoms with E-state index in [1.807, 2.05) is 0 Å². The highest BCUT2D eigenvalue weighted by atomic mass is 35.5. The number of aliphatic hydroxyl groups excluding tert-OH is 1. The molecule has 0 unspecified atom stereocenters. The molecule has 1 aromatic rings. The van der Waals surface area contributed by atoms with Crippen LogP contribution in [0.1, 0.15) is 30.9 Å². The minimum atomic E-state index is -0.746. The first kappa shape index (κ1) is 18.7. The maximum atomic E-state index is 12.4. The molecule has 8 heteroatoms. The lowest BCUT2D eigenvalue weighted by atomic mass is 9.85. The van der Waals surface area contributed by atoms with Gasteiger partial charge < -0.3 is 25.6 Å². The largest absolute Gasteiger partial charge is 0.508 e. The highest BCUT2D eigenvalue weighted by molar-refractivity contribution is 6.42. The molecule has 2 aliphatic rings. The predicted octanol–water partition coefficient (Wildman–Crippen LogP) is 2.09. The number of hydrogen-bond acceptors (Lipinski definition) is 5. The number of phenolic OH excluding ortho intramolecular Hbond substituents is 1. The van der Waals surface area contributed by atoms with Crippen molar-refractivity contribution in [2.75, 3.05) is 19.7 Å². The molecule has 138 valence electrons. The molecule has 3 atom stereocenters. The van der Waals surface area contributed by atoms with Gasteiger partial charge in [0.15, 0.2) is 6.10 Å². The number of aromatic hydroxyl groups is 1. The lowest BCUT2D eigenvalue weighted by molar-refractivity contribution is -0.146. The Labute approximate surface area is 156 Å². The highest BCUT2D eigenvalue weighted by Gasteiger charge is 2.37. The van der Waals surface area contributed by atoms with Crippen LogP contribution in [0.3, 0.4) is 0 Å². The molecule has 4 N–H and O–H groups in total. The number of phenols is 1. The summed E-state index contributed by atoms with van der Waals surface area (Å²) in [6.45, 7) is 1.51. The number of hydrogen-bond donors (Lipinski definition) is 3. The second-order valence-electron chi connectivity index (χ2n) is 6.66. The maximum Gasteiger partial charge on any atom is 0.254 e. The van der Waals surface area contributed by atoms with Gasteiger partial charge in [0.1, 0.15) is 5.75 Å². The van der Waals surface area contributed by atoms with E-state index in [0.29, 0.717) is 49.5 Å². The third-order valence-electron chi connectivity index (χ3n) is 5.09. The molecule has 3 rings (SSSR count). The summed E-state index contributed by atoms with van der Waals surface area (Å²) in [6, 6.07) is 2.61. The Bertz CT molecular complexity index is 650. The van der Waals surface area contributed by atoms with Gasteiger partial charge in [0, 0.05) is 30.8 Å². The van der Waals surface area contributed by atoms with E-state index in [1.54, 1.807) is 11.0 Å². The standard InChI is InChI=1S/C17H22Cl2N2O4/c18-11-7-10(14(23)8-12(11)19)15(20)9-1-4-21(5-2-9)17(24)16-13(22)3-6-25-16/h7-9,13,15-16,22-23H,1-6,20H2/t13-,15+,16+/m0/s1. The summed E-state index contributed by atoms with van der Waals surface area (Å²) in [4.78, 5) is 14.2. The molecule has 2 saturated heterocycles. The lowest BCUT2D eigenvalue weighted by Crippen LogP contribution is -2.47. The van der Waals surface area contributed by atoms with Crippen molar-refractivity contribution in [3.63, 3.8) is 0 Å². The fourth-order valence-corrected chi connectivity index (χ4v) is 3.88. The number of piperidine rings is 1. The average Bonchev–Trinajstić information content (AvgIpc) is 3.03. The molecule has 2 fully saturated rings. The van der Waals surface area contributed by atoms with Crippen LogP contribution in [0.15, 0.2) is 12.1 Å². The number of ether oxygens (including phenoxy) is 1. The summed E-state index contributed by atoms with van der Waals surface area (Å²) < 4.78 is 5.34. The van der Waals surface area contributed by atoms with Crippen molar-refractivity contribution < 1.29 is 19.7 Å². The molecule has 0 saturated carbocycles. The van der Waals surface area contributed by atoms with Gasteiger partial charge in [-0.05, 0) is 31.2 Å². The number of likely N-dealkylation sites (tertiary alicyclic amines) is 1. The number of carbonyl (C=O) groups excluding carboxylic acids is 1. The first-order valence-corrected chi connectivity index (χ1v) is 9.16. The van der Waals surface area contributed by atoms with E-state index in [0.717, 1.165) is 0 Å². The Morgan fingerprint density at radius 2 is 1.88 bits per heavy atom. The Morgan fingerprint density at radius 1 is 1.24 bits per heavy atom. The van der Waals surface area contributed by atoms with E-state index >= 15 is 0 Å². The highest BCUT2D eigenvalue weighted by Crippen LogP contribution is 2.38. The zero-order valence-corrected chi connectivity index (χ0v) is 15.2. The summed E-state index contributed by atoms with van der Waals surface area (Å²) in [7, 11) is 0. The van der Waals surface area contributed by atoms with Crippen LogP contribution in [-0.4, -0.2) is 52.9 Å². The van der Waals surface area contributed by atoms with Gasteiger partial charge in [0.05, 0.1) is 22.8 Å². The summed E-state index contributed by atoms with van der Waals surface area (Å²) in [5.41, 5.74) is 6.89. The van der Waals surface area contributed by atoms with E-state index < -0.39 is 12.2 Å². The van der Waals surface area contributed by atoms with Crippen LogP contribution in [0.2, 0.25) is 10.0 Å². The molecular formula is C17H22Cl2N2O4. The number of halogens is 2. The topological polar surface area (TPSA) is 96.0 Å². The van der Waals surface area contributed by atoms with Gasteiger partial charge in [0.25, 0.3) is 5.91 Å². The third-order valence-corrected chi connectivity index (χ3v) is 5.81. The summed E-state index contributed by atoms with van der Waals surface area (Å²) in [5.74, 6) is -0.0149. The van der Waals surface area contributed by atoms with E-state index in [-0.39, 0.29) is 28.6 Å². The zero-order chi connectivity index (χ0) is 18.1. The van der Waals surface area contributed by atoms with Gasteiger partial charge in [0.2, 0.25) is 0 Å². The Hall–Kier alpha value is -1.05. The number of aliphatic hydroxyl groups is 1. The molecule has 2 aliphatic heterocycles. The van der Waals surface area contributed by atoms with Gasteiger partial charge in [-0.15, -0.1) is 0 Å². The molecule has 25 heavy (non-hydrogen) atoms. The summed E-state index contributed by atoms with van der Waals surface area (Å²) in [5, 5.41) is 20.5. The molecule has 0 bridgehead atoms. The van der Waals surface area contributed by atoms with Crippen molar-refractivity contribution in [1.29, 1.82) is 0 Å². The van der Waals surface area contributed by atoms with Gasteiger partial charge in [-0.25, -0.2) is 0 Å². The average molecular weight is 389 g/mol. The van der Waals surface area contributed by atoms with Gasteiger partial charge in [-0.2, -0.15) is 0 Å². The molecule has 0 radical (unpaired) electrons. The fraction of sp³-hybridized carbons (Fsp3) is 0.588. The summed E-state index contributed by atoms with van der Waals surface area (Å²) in [6.07, 6.45) is 0.434. The van der Waals surface area contributed by atoms with E-state index in [9.17, 15) is 15.0 Å². The van der Waals surface area contributed by atoms with E-state index in [1.165, 1.54) is 6.07 Å². The van der Waals surface area contributed by atoms with Crippen molar-refractivity contribution in [3.05, 3.63) is 27.7 Å². The van der Waals surface area contributed by atoms with Crippen LogP contribution in [0.4, 0.5) is 0 Å². The van der Waals surface area contributed by atoms with Crippen molar-refractivity contribution in [3.8, 4) is 5.75 Å². The second-order valence-corrected chi connectivity index (χ2v) is 7.48. The SMILES string of the molecule is N[C@@H](c1cc(Cl)c(Cl)cc1O)C1CCN(C(=O)[C@@H]2OCC[C@@H]2O)CC1. The van der Waals surface area contributed by atoms with Crippen molar-refractivity contribution in [2.45, 2.75) is 37.5 Å². The zero-order valence-electron chi connectivity index (χ0n) is 13.7. The first-order valence-electron chi connectivity index (χ1n) is 8.40. The van der Waals surface area contributed by atoms with Gasteiger partial charge >= 0.3 is 0 Å². The monoisotopic (exact) mass is 388 g/mol. The van der Waals surface area contributed by atoms with Crippen LogP contribution in [-0.2, 0) is 9.53 Å². The summed E-state index contributed by atoms with van der Waals surface area (Å²) >= 11 is 11.9. The third kappa shape index (κ3) is 3.88. The Balaban J connectivity index is 1.62. The Morgan fingerprint density at radius 3 is 2.48 bits per heavy atom. The first-order chi connectivity index (χ1) is 11.9. The molecule has 0 spiro atoms. The molecule has 1 aromatic carbocycles. The lowest BCUT2D eigenvalue weighted by Gasteiger charge is -2.36. The Kier molecular flexibility index (Phi) is 5.75. The number of nitrogens with two attached hydrogens (primary N) is 1. The number of nitrogens with zero attached hydrogens (tertiary/aromatic N) is 1. The molecule has 0 aliphatic carbocycles. The van der Waals surface area contributed by atoms with Crippen LogP contribution in [0.5, 0.6) is 5.75 Å². The van der Waals surface area contributed by atoms with Crippen LogP contribution in [0.25, 0.3) is 0 Å². The molecular weight excluding hydrogens is 367 g/mol. The maximum absolute atomic E-state index is 12.4. The van der Waals surface area contributed by atoms with Crippen molar-refractivity contribution in [2.24, 2.45) is 11.7 Å². The van der Waals surface area contributed by atoms with Crippen LogP contribution >= 0.6 is 23.2 Å². The minimum Gasteiger partial charge on any atom is -0.508 e. The number of carbonyl (C=O) groups is 1. The van der Waals surface area contributed by atoms with Crippen LogP contribution < -0.4 is 5.73 Å². The molecule has 2 heterocycles. The smallest absolute Gasteiger partial charge is 0.254 e. The van der Waals surface area contributed by atoms with Gasteiger partial charge in [-0.3, -0.25) is 4.79 Å². The molecule has 0 aromatic heterocycles.